The van der Waals surface area contributed by atoms with Crippen LogP contribution in [-0.2, 0) is 11.2 Å². The number of aromatic nitrogens is 1. The van der Waals surface area contributed by atoms with Gasteiger partial charge >= 0.3 is 0 Å². The van der Waals surface area contributed by atoms with Gasteiger partial charge in [-0.15, -0.1) is 0 Å². The van der Waals surface area contributed by atoms with Gasteiger partial charge in [0.2, 0.25) is 5.91 Å². The van der Waals surface area contributed by atoms with E-state index in [1.807, 2.05) is 12.1 Å². The van der Waals surface area contributed by atoms with E-state index in [-0.39, 0.29) is 5.91 Å². The van der Waals surface area contributed by atoms with E-state index in [0.717, 1.165) is 12.0 Å². The van der Waals surface area contributed by atoms with E-state index in [1.165, 1.54) is 6.08 Å². The standard InChI is InChI=1S/C14H14N2O2/c17-14(4-3-13-2-1-11-18-13)16-10-7-12-5-8-15-9-6-12/h1-6,8-9,11H,7,10H2,(H,16,17)/b4-3+. The Balaban J connectivity index is 1.72. The maximum Gasteiger partial charge on any atom is 0.244 e. The van der Waals surface area contributed by atoms with Gasteiger partial charge in [0.15, 0.2) is 0 Å². The molecule has 0 aliphatic carbocycles. The van der Waals surface area contributed by atoms with Crippen LogP contribution in [0.1, 0.15) is 11.3 Å². The Morgan fingerprint density at radius 1 is 1.33 bits per heavy atom. The van der Waals surface area contributed by atoms with Gasteiger partial charge in [-0.1, -0.05) is 0 Å². The molecule has 0 bridgehead atoms. The molecule has 0 unspecified atom stereocenters. The molecular weight excluding hydrogens is 228 g/mol. The highest BCUT2D eigenvalue weighted by molar-refractivity contribution is 5.91. The minimum atomic E-state index is -0.125. The van der Waals surface area contributed by atoms with E-state index in [1.54, 1.807) is 36.9 Å². The zero-order valence-corrected chi connectivity index (χ0v) is 9.87. The van der Waals surface area contributed by atoms with Crippen LogP contribution in [0.15, 0.2) is 53.4 Å². The molecule has 92 valence electrons. The predicted molar refractivity (Wildman–Crippen MR) is 68.7 cm³/mol. The average Bonchev–Trinajstić information content (AvgIpc) is 2.91. The number of hydrogen-bond acceptors (Lipinski definition) is 3. The molecule has 2 aromatic heterocycles. The number of furan rings is 1. The van der Waals surface area contributed by atoms with Gasteiger partial charge in [0.05, 0.1) is 6.26 Å². The van der Waals surface area contributed by atoms with Crippen molar-refractivity contribution in [3.63, 3.8) is 0 Å². The molecule has 4 nitrogen and oxygen atoms in total. The van der Waals surface area contributed by atoms with Crippen LogP contribution in [0.5, 0.6) is 0 Å². The Morgan fingerprint density at radius 2 is 2.17 bits per heavy atom. The third-order valence-corrected chi connectivity index (χ3v) is 2.40. The first-order chi connectivity index (χ1) is 8.84. The van der Waals surface area contributed by atoms with Gasteiger partial charge in [-0.05, 0) is 42.3 Å². The van der Waals surface area contributed by atoms with Crippen molar-refractivity contribution in [3.8, 4) is 0 Å². The van der Waals surface area contributed by atoms with E-state index in [9.17, 15) is 4.79 Å². The molecule has 4 heteroatoms. The third-order valence-electron chi connectivity index (χ3n) is 2.40. The molecule has 1 amide bonds. The molecule has 0 spiro atoms. The Morgan fingerprint density at radius 3 is 2.89 bits per heavy atom. The van der Waals surface area contributed by atoms with Crippen LogP contribution in [0.25, 0.3) is 6.08 Å². The number of hydrogen-bond donors (Lipinski definition) is 1. The van der Waals surface area contributed by atoms with Gasteiger partial charge in [0.25, 0.3) is 0 Å². The first-order valence-electron chi connectivity index (χ1n) is 5.73. The van der Waals surface area contributed by atoms with Crippen LogP contribution in [0.4, 0.5) is 0 Å². The number of nitrogens with one attached hydrogen (secondary N) is 1. The van der Waals surface area contributed by atoms with Crippen molar-refractivity contribution in [1.82, 2.24) is 10.3 Å². The lowest BCUT2D eigenvalue weighted by Crippen LogP contribution is -2.23. The second kappa shape index (κ2) is 6.39. The van der Waals surface area contributed by atoms with Crippen LogP contribution >= 0.6 is 0 Å². The summed E-state index contributed by atoms with van der Waals surface area (Å²) in [6.45, 7) is 0.603. The average molecular weight is 242 g/mol. The fourth-order valence-electron chi connectivity index (χ4n) is 1.48. The topological polar surface area (TPSA) is 55.1 Å². The summed E-state index contributed by atoms with van der Waals surface area (Å²) in [6.07, 6.45) is 8.96. The summed E-state index contributed by atoms with van der Waals surface area (Å²) < 4.78 is 5.08. The third kappa shape index (κ3) is 3.90. The Bertz CT molecular complexity index is 504. The molecule has 2 aromatic rings. The van der Waals surface area contributed by atoms with Crippen molar-refractivity contribution in [2.45, 2.75) is 6.42 Å². The van der Waals surface area contributed by atoms with Gasteiger partial charge in [-0.25, -0.2) is 0 Å². The summed E-state index contributed by atoms with van der Waals surface area (Å²) in [5, 5.41) is 2.81. The largest absolute Gasteiger partial charge is 0.465 e. The highest BCUT2D eigenvalue weighted by Crippen LogP contribution is 2.01. The van der Waals surface area contributed by atoms with E-state index in [2.05, 4.69) is 10.3 Å². The van der Waals surface area contributed by atoms with E-state index >= 15 is 0 Å². The van der Waals surface area contributed by atoms with Gasteiger partial charge in [0, 0.05) is 25.0 Å². The van der Waals surface area contributed by atoms with E-state index < -0.39 is 0 Å². The number of rotatable bonds is 5. The zero-order valence-electron chi connectivity index (χ0n) is 9.87. The lowest BCUT2D eigenvalue weighted by molar-refractivity contribution is -0.116. The van der Waals surface area contributed by atoms with Crippen molar-refractivity contribution in [3.05, 3.63) is 60.3 Å². The SMILES string of the molecule is O=C(/C=C/c1ccco1)NCCc1ccncc1. The molecule has 0 radical (unpaired) electrons. The minimum absolute atomic E-state index is 0.125. The van der Waals surface area contributed by atoms with Gasteiger partial charge < -0.3 is 9.73 Å². The number of nitrogens with zero attached hydrogens (tertiary/aromatic N) is 1. The van der Waals surface area contributed by atoms with Gasteiger partial charge in [-0.3, -0.25) is 9.78 Å². The maximum absolute atomic E-state index is 11.5. The fourth-order valence-corrected chi connectivity index (χ4v) is 1.48. The van der Waals surface area contributed by atoms with Crippen LogP contribution in [0.3, 0.4) is 0 Å². The molecular formula is C14H14N2O2. The maximum atomic E-state index is 11.5. The van der Waals surface area contributed by atoms with E-state index in [4.69, 9.17) is 4.42 Å². The lowest BCUT2D eigenvalue weighted by Gasteiger charge is -2.01. The van der Waals surface area contributed by atoms with Crippen molar-refractivity contribution in [2.75, 3.05) is 6.54 Å². The van der Waals surface area contributed by atoms with Crippen molar-refractivity contribution < 1.29 is 9.21 Å². The number of carbonyl (C=O) groups is 1. The normalized spacial score (nSPS) is 10.7. The van der Waals surface area contributed by atoms with Gasteiger partial charge in [-0.2, -0.15) is 0 Å². The molecule has 2 rings (SSSR count). The number of pyridine rings is 1. The minimum Gasteiger partial charge on any atom is -0.465 e. The first-order valence-corrected chi connectivity index (χ1v) is 5.73. The summed E-state index contributed by atoms with van der Waals surface area (Å²) >= 11 is 0. The summed E-state index contributed by atoms with van der Waals surface area (Å²) in [7, 11) is 0. The molecule has 18 heavy (non-hydrogen) atoms. The Kier molecular flexibility index (Phi) is 4.30. The molecule has 2 heterocycles. The van der Waals surface area contributed by atoms with Crippen molar-refractivity contribution in [2.24, 2.45) is 0 Å². The zero-order chi connectivity index (χ0) is 12.6. The van der Waals surface area contributed by atoms with E-state index in [0.29, 0.717) is 12.3 Å². The smallest absolute Gasteiger partial charge is 0.244 e. The fraction of sp³-hybridized carbons (Fsp3) is 0.143. The first kappa shape index (κ1) is 12.1. The molecule has 1 N–H and O–H groups in total. The molecule has 0 aliphatic rings. The monoisotopic (exact) mass is 242 g/mol. The summed E-state index contributed by atoms with van der Waals surface area (Å²) in [6, 6.07) is 7.44. The van der Waals surface area contributed by atoms with Crippen molar-refractivity contribution >= 4 is 12.0 Å². The van der Waals surface area contributed by atoms with Crippen LogP contribution in [0, 0.1) is 0 Å². The molecule has 0 fully saturated rings. The molecule has 0 aromatic carbocycles. The van der Waals surface area contributed by atoms with Crippen molar-refractivity contribution in [1.29, 1.82) is 0 Å². The molecule has 0 atom stereocenters. The van der Waals surface area contributed by atoms with Crippen LogP contribution in [-0.4, -0.2) is 17.4 Å². The molecule has 0 saturated heterocycles. The molecule has 0 aliphatic heterocycles. The van der Waals surface area contributed by atoms with Crippen LogP contribution in [0.2, 0.25) is 0 Å². The van der Waals surface area contributed by atoms with Crippen LogP contribution < -0.4 is 5.32 Å². The Labute approximate surface area is 105 Å². The summed E-state index contributed by atoms with van der Waals surface area (Å²) in [5.41, 5.74) is 1.15. The lowest BCUT2D eigenvalue weighted by atomic mass is 10.2. The van der Waals surface area contributed by atoms with Gasteiger partial charge in [0.1, 0.15) is 5.76 Å². The number of carbonyl (C=O) groups excluding carboxylic acids is 1. The highest BCUT2D eigenvalue weighted by Gasteiger charge is 1.96. The highest BCUT2D eigenvalue weighted by atomic mass is 16.3. The second-order valence-corrected chi connectivity index (χ2v) is 3.75. The summed E-state index contributed by atoms with van der Waals surface area (Å²) in [5.74, 6) is 0.541. The quantitative estimate of drug-likeness (QED) is 0.816. The molecule has 0 saturated carbocycles. The Hall–Kier alpha value is -2.36. The number of amides is 1. The summed E-state index contributed by atoms with van der Waals surface area (Å²) in [4.78, 5) is 15.4. The second-order valence-electron chi connectivity index (χ2n) is 3.75. The predicted octanol–water partition coefficient (Wildman–Crippen LogP) is 2.05.